The van der Waals surface area contributed by atoms with Crippen molar-refractivity contribution in [2.45, 2.75) is 19.4 Å². The third-order valence-electron chi connectivity index (χ3n) is 2.31. The Morgan fingerprint density at radius 1 is 1.41 bits per heavy atom. The molecule has 1 aromatic carbocycles. The lowest BCUT2D eigenvalue weighted by molar-refractivity contribution is -0.143. The van der Waals surface area contributed by atoms with Gasteiger partial charge in [-0.3, -0.25) is 0 Å². The Morgan fingerprint density at radius 3 is 2.65 bits per heavy atom. The maximum atomic E-state index is 11.7. The van der Waals surface area contributed by atoms with Crippen LogP contribution in [0.3, 0.4) is 0 Å². The van der Waals surface area contributed by atoms with Crippen LogP contribution in [0.2, 0.25) is 0 Å². The maximum Gasteiger partial charge on any atom is 0.327 e. The molecule has 0 saturated carbocycles. The van der Waals surface area contributed by atoms with E-state index < -0.39 is 6.04 Å². The van der Waals surface area contributed by atoms with Gasteiger partial charge in [0.25, 0.3) is 0 Å². The number of nitrogens with one attached hydrogen (secondary N) is 1. The Labute approximate surface area is 118 Å². The number of carbonyl (C=O) groups is 1. The van der Waals surface area contributed by atoms with Gasteiger partial charge in [0, 0.05) is 8.95 Å². The van der Waals surface area contributed by atoms with E-state index in [1.54, 1.807) is 0 Å². The van der Waals surface area contributed by atoms with Crippen LogP contribution in [0.1, 0.15) is 24.9 Å². The topological polar surface area (TPSA) is 38.3 Å². The molecule has 0 saturated heterocycles. The Kier molecular flexibility index (Phi) is 6.16. The fourth-order valence-electron chi connectivity index (χ4n) is 1.44. The molecule has 17 heavy (non-hydrogen) atoms. The van der Waals surface area contributed by atoms with Gasteiger partial charge in [-0.1, -0.05) is 13.0 Å². The highest BCUT2D eigenvalue weighted by atomic mass is 79.9. The van der Waals surface area contributed by atoms with Gasteiger partial charge in [0.1, 0.15) is 6.04 Å². The lowest BCUT2D eigenvalue weighted by Gasteiger charge is -2.17. The number of benzene rings is 1. The summed E-state index contributed by atoms with van der Waals surface area (Å²) < 4.78 is 6.68. The molecule has 1 unspecified atom stereocenters. The highest BCUT2D eigenvalue weighted by Crippen LogP contribution is 2.27. The zero-order valence-electron chi connectivity index (χ0n) is 9.80. The van der Waals surface area contributed by atoms with E-state index in [4.69, 9.17) is 4.74 Å². The van der Waals surface area contributed by atoms with Gasteiger partial charge in [0.15, 0.2) is 0 Å². The molecule has 0 aliphatic rings. The summed E-state index contributed by atoms with van der Waals surface area (Å²) in [6.07, 6.45) is 0.963. The molecule has 3 nitrogen and oxygen atoms in total. The Morgan fingerprint density at radius 2 is 2.12 bits per heavy atom. The van der Waals surface area contributed by atoms with Crippen molar-refractivity contribution in [3.8, 4) is 0 Å². The number of hydrogen-bond acceptors (Lipinski definition) is 3. The molecule has 0 aliphatic heterocycles. The summed E-state index contributed by atoms with van der Waals surface area (Å²) in [5.41, 5.74) is 0.889. The lowest BCUT2D eigenvalue weighted by Crippen LogP contribution is -2.30. The number of halogens is 2. The van der Waals surface area contributed by atoms with Crippen molar-refractivity contribution in [1.82, 2.24) is 5.32 Å². The first-order chi connectivity index (χ1) is 8.10. The molecule has 0 aromatic heterocycles. The van der Waals surface area contributed by atoms with Crippen molar-refractivity contribution in [2.24, 2.45) is 0 Å². The predicted octanol–water partition coefficient (Wildman–Crippen LogP) is 3.43. The van der Waals surface area contributed by atoms with Gasteiger partial charge in [-0.25, -0.2) is 4.79 Å². The van der Waals surface area contributed by atoms with Crippen molar-refractivity contribution >= 4 is 37.8 Å². The number of hydrogen-bond donors (Lipinski definition) is 1. The Balaban J connectivity index is 2.95. The van der Waals surface area contributed by atoms with Gasteiger partial charge in [0.2, 0.25) is 0 Å². The van der Waals surface area contributed by atoms with Crippen LogP contribution < -0.4 is 5.32 Å². The molecule has 0 heterocycles. The van der Waals surface area contributed by atoms with Gasteiger partial charge < -0.3 is 10.1 Å². The molecule has 1 aromatic rings. The van der Waals surface area contributed by atoms with Crippen LogP contribution in [0.25, 0.3) is 0 Å². The minimum atomic E-state index is -0.413. The molecule has 1 atom stereocenters. The van der Waals surface area contributed by atoms with Crippen LogP contribution >= 0.6 is 31.9 Å². The van der Waals surface area contributed by atoms with Crippen LogP contribution in [-0.4, -0.2) is 19.6 Å². The van der Waals surface area contributed by atoms with Gasteiger partial charge in [0.05, 0.1) is 7.11 Å². The van der Waals surface area contributed by atoms with Crippen LogP contribution in [-0.2, 0) is 9.53 Å². The SMILES string of the molecule is CCCNC(C(=O)OC)c1ccc(Br)c(Br)c1. The summed E-state index contributed by atoms with van der Waals surface area (Å²) in [4.78, 5) is 11.7. The second-order valence-electron chi connectivity index (χ2n) is 3.58. The fraction of sp³-hybridized carbons (Fsp3) is 0.417. The zero-order chi connectivity index (χ0) is 12.8. The standard InChI is InChI=1S/C12H15Br2NO2/c1-3-6-15-11(12(16)17-2)8-4-5-9(13)10(14)7-8/h4-5,7,11,15H,3,6H2,1-2H3. The first kappa shape index (κ1) is 14.7. The normalized spacial score (nSPS) is 12.2. The van der Waals surface area contributed by atoms with E-state index in [1.807, 2.05) is 18.2 Å². The number of esters is 1. The van der Waals surface area contributed by atoms with E-state index in [0.717, 1.165) is 27.5 Å². The van der Waals surface area contributed by atoms with E-state index in [0.29, 0.717) is 0 Å². The second-order valence-corrected chi connectivity index (χ2v) is 5.29. The molecule has 0 bridgehead atoms. The monoisotopic (exact) mass is 363 g/mol. The van der Waals surface area contributed by atoms with Crippen molar-refractivity contribution < 1.29 is 9.53 Å². The van der Waals surface area contributed by atoms with Crippen molar-refractivity contribution in [1.29, 1.82) is 0 Å². The summed E-state index contributed by atoms with van der Waals surface area (Å²) in [7, 11) is 1.40. The third-order valence-corrected chi connectivity index (χ3v) is 4.19. The van der Waals surface area contributed by atoms with E-state index in [9.17, 15) is 4.79 Å². The number of methoxy groups -OCH3 is 1. The van der Waals surface area contributed by atoms with Gasteiger partial charge in [-0.2, -0.15) is 0 Å². The number of ether oxygens (including phenoxy) is 1. The molecule has 0 amide bonds. The molecule has 1 rings (SSSR count). The summed E-state index contributed by atoms with van der Waals surface area (Å²) in [6, 6.07) is 5.31. The average molecular weight is 365 g/mol. The fourth-order valence-corrected chi connectivity index (χ4v) is 2.08. The molecule has 94 valence electrons. The molecule has 0 spiro atoms. The maximum absolute atomic E-state index is 11.7. The zero-order valence-corrected chi connectivity index (χ0v) is 13.0. The second kappa shape index (κ2) is 7.13. The minimum absolute atomic E-state index is 0.271. The van der Waals surface area contributed by atoms with Crippen molar-refractivity contribution in [3.63, 3.8) is 0 Å². The Bertz CT molecular complexity index is 396. The number of carbonyl (C=O) groups excluding carboxylic acids is 1. The first-order valence-electron chi connectivity index (χ1n) is 5.36. The summed E-state index contributed by atoms with van der Waals surface area (Å²) in [5, 5.41) is 3.17. The molecule has 0 aliphatic carbocycles. The molecule has 5 heteroatoms. The lowest BCUT2D eigenvalue weighted by atomic mass is 10.1. The summed E-state index contributed by atoms with van der Waals surface area (Å²) in [6.45, 7) is 2.83. The van der Waals surface area contributed by atoms with Crippen LogP contribution in [0.5, 0.6) is 0 Å². The van der Waals surface area contributed by atoms with Crippen LogP contribution in [0.4, 0.5) is 0 Å². The minimum Gasteiger partial charge on any atom is -0.468 e. The quantitative estimate of drug-likeness (QED) is 0.813. The molecule has 0 fully saturated rings. The van der Waals surface area contributed by atoms with Crippen LogP contribution in [0.15, 0.2) is 27.1 Å². The van der Waals surface area contributed by atoms with Crippen molar-refractivity contribution in [2.75, 3.05) is 13.7 Å². The molecule has 0 radical (unpaired) electrons. The van der Waals surface area contributed by atoms with E-state index in [1.165, 1.54) is 7.11 Å². The average Bonchev–Trinajstić information content (AvgIpc) is 2.33. The summed E-state index contributed by atoms with van der Waals surface area (Å²) >= 11 is 6.83. The van der Waals surface area contributed by atoms with E-state index >= 15 is 0 Å². The largest absolute Gasteiger partial charge is 0.468 e. The van der Waals surface area contributed by atoms with E-state index in [-0.39, 0.29) is 5.97 Å². The van der Waals surface area contributed by atoms with Crippen LogP contribution in [0, 0.1) is 0 Å². The molecule has 1 N–H and O–H groups in total. The first-order valence-corrected chi connectivity index (χ1v) is 6.95. The summed E-state index contributed by atoms with van der Waals surface area (Å²) in [5.74, 6) is -0.271. The van der Waals surface area contributed by atoms with Gasteiger partial charge in [-0.15, -0.1) is 0 Å². The van der Waals surface area contributed by atoms with E-state index in [2.05, 4.69) is 44.1 Å². The molecular formula is C12H15Br2NO2. The molecular weight excluding hydrogens is 350 g/mol. The highest BCUT2D eigenvalue weighted by molar-refractivity contribution is 9.13. The smallest absolute Gasteiger partial charge is 0.327 e. The predicted molar refractivity (Wildman–Crippen MR) is 74.9 cm³/mol. The van der Waals surface area contributed by atoms with Gasteiger partial charge >= 0.3 is 5.97 Å². The number of rotatable bonds is 5. The van der Waals surface area contributed by atoms with Crippen molar-refractivity contribution in [3.05, 3.63) is 32.7 Å². The van der Waals surface area contributed by atoms with Gasteiger partial charge in [-0.05, 0) is 62.5 Å². The third kappa shape index (κ3) is 4.08. The Hall–Kier alpha value is -0.390. The highest BCUT2D eigenvalue weighted by Gasteiger charge is 2.20.